The van der Waals surface area contributed by atoms with Crippen LogP contribution in [0, 0.1) is 12.8 Å². The Morgan fingerprint density at radius 2 is 1.97 bits per heavy atom. The van der Waals surface area contributed by atoms with Crippen molar-refractivity contribution in [2.75, 3.05) is 13.1 Å². The van der Waals surface area contributed by atoms with Crippen molar-refractivity contribution in [2.24, 2.45) is 5.92 Å². The van der Waals surface area contributed by atoms with Gasteiger partial charge in [-0.25, -0.2) is 8.42 Å². The van der Waals surface area contributed by atoms with Gasteiger partial charge in [-0.2, -0.15) is 4.31 Å². The van der Waals surface area contributed by atoms with Crippen molar-refractivity contribution < 1.29 is 13.2 Å². The van der Waals surface area contributed by atoms with Gasteiger partial charge in [0.2, 0.25) is 15.9 Å². The van der Waals surface area contributed by atoms with Gasteiger partial charge in [0.25, 0.3) is 0 Å². The fraction of sp³-hybridized carbons (Fsp3) is 0.375. The van der Waals surface area contributed by atoms with Gasteiger partial charge in [0.15, 0.2) is 0 Å². The molecule has 1 aliphatic rings. The van der Waals surface area contributed by atoms with Crippen molar-refractivity contribution in [2.45, 2.75) is 44.7 Å². The number of hydrogen-bond donors (Lipinski definition) is 1. The minimum Gasteiger partial charge on any atom is -0.352 e. The Hall–Kier alpha value is -2.64. The van der Waals surface area contributed by atoms with Crippen molar-refractivity contribution in [3.8, 4) is 0 Å². The topological polar surface area (TPSA) is 71.4 Å². The monoisotopic (exact) mass is 439 g/mol. The minimum absolute atomic E-state index is 0.0846. The van der Waals surface area contributed by atoms with Crippen LogP contribution in [0.25, 0.3) is 10.9 Å². The van der Waals surface area contributed by atoms with Crippen molar-refractivity contribution >= 4 is 26.8 Å². The number of rotatable bonds is 6. The smallest absolute Gasteiger partial charge is 0.243 e. The summed E-state index contributed by atoms with van der Waals surface area (Å²) in [5, 5.41) is 3.90. The van der Waals surface area contributed by atoms with Crippen LogP contribution in [0.5, 0.6) is 0 Å². The van der Waals surface area contributed by atoms with E-state index < -0.39 is 10.0 Å². The summed E-state index contributed by atoms with van der Waals surface area (Å²) in [6.45, 7) is 6.03. The maximum atomic E-state index is 13.3. The van der Waals surface area contributed by atoms with Crippen LogP contribution in [-0.2, 0) is 27.9 Å². The SMILES string of the molecule is CCn1ccc2cc(S(=O)(=O)N3CCCC(C(=O)NCc4ccccc4C)C3)ccc21. The van der Waals surface area contributed by atoms with E-state index in [0.717, 1.165) is 28.6 Å². The Morgan fingerprint density at radius 1 is 1.16 bits per heavy atom. The number of aromatic nitrogens is 1. The first-order valence-corrected chi connectivity index (χ1v) is 12.3. The quantitative estimate of drug-likeness (QED) is 0.637. The van der Waals surface area contributed by atoms with Crippen molar-refractivity contribution in [1.82, 2.24) is 14.2 Å². The normalized spacial score (nSPS) is 17.7. The number of nitrogens with zero attached hydrogens (tertiary/aromatic N) is 2. The third-order valence-corrected chi connectivity index (χ3v) is 8.05. The number of carbonyl (C=O) groups excluding carboxylic acids is 1. The van der Waals surface area contributed by atoms with Gasteiger partial charge in [0.05, 0.1) is 10.8 Å². The van der Waals surface area contributed by atoms with Crippen LogP contribution in [0.2, 0.25) is 0 Å². The first-order chi connectivity index (χ1) is 14.9. The maximum absolute atomic E-state index is 13.3. The summed E-state index contributed by atoms with van der Waals surface area (Å²) in [5.74, 6) is -0.420. The number of carbonyl (C=O) groups is 1. The number of amides is 1. The fourth-order valence-electron chi connectivity index (χ4n) is 4.27. The zero-order valence-corrected chi connectivity index (χ0v) is 18.9. The number of nitrogens with one attached hydrogen (secondary N) is 1. The molecule has 1 atom stereocenters. The van der Waals surface area contributed by atoms with Gasteiger partial charge in [-0.1, -0.05) is 24.3 Å². The average Bonchev–Trinajstić information content (AvgIpc) is 3.21. The molecule has 0 aliphatic carbocycles. The lowest BCUT2D eigenvalue weighted by Crippen LogP contribution is -2.45. The first kappa shape index (κ1) is 21.6. The van der Waals surface area contributed by atoms with E-state index in [4.69, 9.17) is 0 Å². The fourth-order valence-corrected chi connectivity index (χ4v) is 5.83. The molecular weight excluding hydrogens is 410 g/mol. The van der Waals surface area contributed by atoms with Gasteiger partial charge in [-0.15, -0.1) is 0 Å². The van der Waals surface area contributed by atoms with Gasteiger partial charge < -0.3 is 9.88 Å². The Balaban J connectivity index is 1.47. The largest absolute Gasteiger partial charge is 0.352 e. The third-order valence-electron chi connectivity index (χ3n) is 6.19. The molecule has 31 heavy (non-hydrogen) atoms. The minimum atomic E-state index is -3.65. The highest BCUT2D eigenvalue weighted by Crippen LogP contribution is 2.27. The van der Waals surface area contributed by atoms with Gasteiger partial charge in [0.1, 0.15) is 0 Å². The number of benzene rings is 2. The second kappa shape index (κ2) is 8.85. The summed E-state index contributed by atoms with van der Waals surface area (Å²) < 4.78 is 30.1. The maximum Gasteiger partial charge on any atom is 0.243 e. The highest BCUT2D eigenvalue weighted by Gasteiger charge is 2.33. The van der Waals surface area contributed by atoms with E-state index in [1.165, 1.54) is 4.31 Å². The van der Waals surface area contributed by atoms with Crippen LogP contribution in [0.15, 0.2) is 59.6 Å². The Morgan fingerprint density at radius 3 is 2.74 bits per heavy atom. The van der Waals surface area contributed by atoms with E-state index >= 15 is 0 Å². The lowest BCUT2D eigenvalue weighted by Gasteiger charge is -2.31. The van der Waals surface area contributed by atoms with E-state index in [1.807, 2.05) is 49.5 Å². The summed E-state index contributed by atoms with van der Waals surface area (Å²) >= 11 is 0. The standard InChI is InChI=1S/C24H29N3O3S/c1-3-26-14-12-19-15-22(10-11-23(19)26)31(29,30)27-13-6-9-21(17-27)24(28)25-16-20-8-5-4-7-18(20)2/h4-5,7-8,10-12,14-15,21H,3,6,9,13,16-17H2,1-2H3,(H,25,28). The van der Waals surface area contributed by atoms with E-state index in [9.17, 15) is 13.2 Å². The Kier molecular flexibility index (Phi) is 6.16. The van der Waals surface area contributed by atoms with Crippen molar-refractivity contribution in [3.05, 3.63) is 65.9 Å². The van der Waals surface area contributed by atoms with Gasteiger partial charge in [-0.05, 0) is 62.1 Å². The van der Waals surface area contributed by atoms with Crippen LogP contribution in [0.4, 0.5) is 0 Å². The molecule has 4 rings (SSSR count). The molecule has 1 unspecified atom stereocenters. The number of aryl methyl sites for hydroxylation is 2. The zero-order chi connectivity index (χ0) is 22.0. The van der Waals surface area contributed by atoms with Gasteiger partial charge >= 0.3 is 0 Å². The predicted octanol–water partition coefficient (Wildman–Crippen LogP) is 3.69. The summed E-state index contributed by atoms with van der Waals surface area (Å²) in [5.41, 5.74) is 3.22. The molecule has 2 heterocycles. The van der Waals surface area contributed by atoms with Gasteiger partial charge in [-0.3, -0.25) is 4.79 Å². The average molecular weight is 440 g/mol. The zero-order valence-electron chi connectivity index (χ0n) is 18.0. The molecule has 0 saturated carbocycles. The molecule has 1 amide bonds. The number of sulfonamides is 1. The lowest BCUT2D eigenvalue weighted by molar-refractivity contribution is -0.126. The molecule has 1 saturated heterocycles. The van der Waals surface area contributed by atoms with Crippen LogP contribution in [0.1, 0.15) is 30.9 Å². The molecule has 164 valence electrons. The molecular formula is C24H29N3O3S. The number of hydrogen-bond acceptors (Lipinski definition) is 3. The molecule has 1 N–H and O–H groups in total. The number of piperidine rings is 1. The molecule has 0 radical (unpaired) electrons. The van der Waals surface area contributed by atoms with Crippen molar-refractivity contribution in [1.29, 1.82) is 0 Å². The molecule has 1 aliphatic heterocycles. The van der Waals surface area contributed by atoms with Crippen LogP contribution in [0.3, 0.4) is 0 Å². The molecule has 6 nitrogen and oxygen atoms in total. The molecule has 1 aromatic heterocycles. The Labute approximate surface area is 183 Å². The summed E-state index contributed by atoms with van der Waals surface area (Å²) in [6, 6.07) is 15.1. The van der Waals surface area contributed by atoms with Crippen LogP contribution in [-0.4, -0.2) is 36.3 Å². The Bertz CT molecular complexity index is 1200. The van der Waals surface area contributed by atoms with Gasteiger partial charge in [0, 0.05) is 43.3 Å². The van der Waals surface area contributed by atoms with Crippen LogP contribution >= 0.6 is 0 Å². The highest BCUT2D eigenvalue weighted by molar-refractivity contribution is 7.89. The van der Waals surface area contributed by atoms with E-state index in [2.05, 4.69) is 16.8 Å². The molecule has 3 aromatic rings. The second-order valence-corrected chi connectivity index (χ2v) is 10.1. The summed E-state index contributed by atoms with van der Waals surface area (Å²) in [6.07, 6.45) is 3.34. The van der Waals surface area contributed by atoms with E-state index in [1.54, 1.807) is 12.1 Å². The lowest BCUT2D eigenvalue weighted by atomic mass is 9.98. The second-order valence-electron chi connectivity index (χ2n) is 8.17. The first-order valence-electron chi connectivity index (χ1n) is 10.8. The highest BCUT2D eigenvalue weighted by atomic mass is 32.2. The molecule has 0 spiro atoms. The number of fused-ring (bicyclic) bond motifs is 1. The van der Waals surface area contributed by atoms with Crippen molar-refractivity contribution in [3.63, 3.8) is 0 Å². The van der Waals surface area contributed by atoms with E-state index in [0.29, 0.717) is 25.9 Å². The third kappa shape index (κ3) is 4.38. The predicted molar refractivity (Wildman–Crippen MR) is 122 cm³/mol. The molecule has 1 fully saturated rings. The summed E-state index contributed by atoms with van der Waals surface area (Å²) in [4.78, 5) is 13.1. The summed E-state index contributed by atoms with van der Waals surface area (Å²) in [7, 11) is -3.65. The molecule has 7 heteroatoms. The molecule has 0 bridgehead atoms. The molecule has 2 aromatic carbocycles. The van der Waals surface area contributed by atoms with E-state index in [-0.39, 0.29) is 23.3 Å². The van der Waals surface area contributed by atoms with Crippen LogP contribution < -0.4 is 5.32 Å².